The topological polar surface area (TPSA) is 210 Å². The molecule has 0 amide bonds. The summed E-state index contributed by atoms with van der Waals surface area (Å²) in [6.45, 7) is 3.31. The summed E-state index contributed by atoms with van der Waals surface area (Å²) in [5.74, 6) is -1.10. The van der Waals surface area contributed by atoms with E-state index in [0.717, 1.165) is 77.0 Å². The highest BCUT2D eigenvalue weighted by molar-refractivity contribution is 7.47. The standard InChI is InChI=1S/C53H99O13P/c1-3-5-7-9-11-13-15-17-19-21-22-23-24-26-27-29-31-33-35-37-39-41-46(54)63-43-45(44-64-67(61,62)66-53-51(59)49(57)48(56)50(58)52(53)60)65-47(55)42-40-38-36-34-32-30-28-25-20-18-16-14-12-10-8-6-4-2/h12,14,18,20,45,48-53,56-60H,3-11,13,15-17,19,21-44H2,1-2H3,(H,61,62)/b14-12-,20-18-. The minimum absolute atomic E-state index is 0.0909. The molecule has 0 bridgehead atoms. The fourth-order valence-corrected chi connectivity index (χ4v) is 9.41. The number of hydrogen-bond donors (Lipinski definition) is 6. The van der Waals surface area contributed by atoms with Gasteiger partial charge >= 0.3 is 19.8 Å². The van der Waals surface area contributed by atoms with E-state index in [1.54, 1.807) is 0 Å². The first kappa shape index (κ1) is 63.3. The lowest BCUT2D eigenvalue weighted by molar-refractivity contribution is -0.220. The van der Waals surface area contributed by atoms with Gasteiger partial charge in [0.05, 0.1) is 6.61 Å². The molecule has 0 saturated heterocycles. The Bertz CT molecular complexity index is 1270. The summed E-state index contributed by atoms with van der Waals surface area (Å²) in [5, 5.41) is 50.3. The van der Waals surface area contributed by atoms with Gasteiger partial charge in [0.15, 0.2) is 6.10 Å². The summed E-state index contributed by atoms with van der Waals surface area (Å²) in [7, 11) is -5.12. The number of carbonyl (C=O) groups excluding carboxylic acids is 2. The van der Waals surface area contributed by atoms with Crippen LogP contribution >= 0.6 is 7.82 Å². The molecular weight excluding hydrogens is 876 g/mol. The Morgan fingerprint density at radius 2 is 0.806 bits per heavy atom. The lowest BCUT2D eigenvalue weighted by Gasteiger charge is -2.41. The molecule has 0 aromatic carbocycles. The number of esters is 2. The van der Waals surface area contributed by atoms with Gasteiger partial charge in [-0.05, 0) is 44.9 Å². The average Bonchev–Trinajstić information content (AvgIpc) is 3.31. The van der Waals surface area contributed by atoms with Crippen LogP contribution in [0.4, 0.5) is 0 Å². The molecule has 6 N–H and O–H groups in total. The van der Waals surface area contributed by atoms with Crippen molar-refractivity contribution in [3.05, 3.63) is 24.3 Å². The smallest absolute Gasteiger partial charge is 0.462 e. The maximum Gasteiger partial charge on any atom is 0.472 e. The Hall–Kier alpha value is -1.67. The number of carbonyl (C=O) groups is 2. The van der Waals surface area contributed by atoms with Crippen LogP contribution in [-0.4, -0.2) is 98.3 Å². The molecule has 0 aliphatic heterocycles. The molecule has 13 nitrogen and oxygen atoms in total. The summed E-state index contributed by atoms with van der Waals surface area (Å²) in [4.78, 5) is 35.9. The molecule has 0 spiro atoms. The van der Waals surface area contributed by atoms with E-state index in [0.29, 0.717) is 12.8 Å². The lowest BCUT2D eigenvalue weighted by atomic mass is 9.85. The summed E-state index contributed by atoms with van der Waals surface area (Å²) in [5.41, 5.74) is 0. The number of rotatable bonds is 46. The molecular formula is C53H99O13P. The highest BCUT2D eigenvalue weighted by atomic mass is 31.2. The molecule has 0 heterocycles. The van der Waals surface area contributed by atoms with E-state index in [1.165, 1.54) is 128 Å². The van der Waals surface area contributed by atoms with Crippen LogP contribution in [0.2, 0.25) is 0 Å². The van der Waals surface area contributed by atoms with Gasteiger partial charge in [-0.1, -0.05) is 212 Å². The maximum atomic E-state index is 12.9. The number of aliphatic hydroxyl groups is 5. The van der Waals surface area contributed by atoms with Crippen molar-refractivity contribution in [1.82, 2.24) is 0 Å². The van der Waals surface area contributed by atoms with Gasteiger partial charge in [0.25, 0.3) is 0 Å². The predicted octanol–water partition coefficient (Wildman–Crippen LogP) is 12.0. The van der Waals surface area contributed by atoms with Crippen molar-refractivity contribution < 1.29 is 63.1 Å². The Kier molecular flexibility index (Phi) is 40.8. The number of ether oxygens (including phenoxy) is 2. The first-order chi connectivity index (χ1) is 32.4. The normalized spacial score (nSPS) is 21.3. The van der Waals surface area contributed by atoms with E-state index in [9.17, 15) is 44.6 Å². The van der Waals surface area contributed by atoms with Crippen LogP contribution in [0.5, 0.6) is 0 Å². The summed E-state index contributed by atoms with van der Waals surface area (Å²) >= 11 is 0. The van der Waals surface area contributed by atoms with E-state index in [-0.39, 0.29) is 12.8 Å². The molecule has 1 fully saturated rings. The van der Waals surface area contributed by atoms with E-state index in [2.05, 4.69) is 38.2 Å². The molecule has 1 saturated carbocycles. The number of allylic oxidation sites excluding steroid dienone is 4. The van der Waals surface area contributed by atoms with Crippen molar-refractivity contribution in [3.63, 3.8) is 0 Å². The third-order valence-electron chi connectivity index (χ3n) is 12.8. The van der Waals surface area contributed by atoms with Gasteiger partial charge in [-0.3, -0.25) is 18.6 Å². The van der Waals surface area contributed by atoms with Crippen LogP contribution < -0.4 is 0 Å². The molecule has 1 aliphatic carbocycles. The van der Waals surface area contributed by atoms with Gasteiger partial charge in [-0.25, -0.2) is 4.57 Å². The zero-order valence-electron chi connectivity index (χ0n) is 42.2. The molecule has 6 unspecified atom stereocenters. The van der Waals surface area contributed by atoms with Crippen molar-refractivity contribution in [2.45, 2.75) is 288 Å². The Morgan fingerprint density at radius 1 is 0.463 bits per heavy atom. The van der Waals surface area contributed by atoms with Crippen molar-refractivity contribution in [3.8, 4) is 0 Å². The highest BCUT2D eigenvalue weighted by Crippen LogP contribution is 2.47. The molecule has 0 aromatic rings. The van der Waals surface area contributed by atoms with E-state index in [1.807, 2.05) is 0 Å². The van der Waals surface area contributed by atoms with E-state index < -0.39 is 75.7 Å². The second-order valence-corrected chi connectivity index (χ2v) is 20.5. The van der Waals surface area contributed by atoms with Gasteiger partial charge in [-0.2, -0.15) is 0 Å². The van der Waals surface area contributed by atoms with Crippen molar-refractivity contribution >= 4 is 19.8 Å². The van der Waals surface area contributed by atoms with Crippen LogP contribution in [0, 0.1) is 0 Å². The van der Waals surface area contributed by atoms with Crippen LogP contribution in [0.25, 0.3) is 0 Å². The average molecular weight is 975 g/mol. The zero-order chi connectivity index (χ0) is 49.2. The van der Waals surface area contributed by atoms with Crippen molar-refractivity contribution in [2.24, 2.45) is 0 Å². The van der Waals surface area contributed by atoms with Crippen LogP contribution in [-0.2, 0) is 32.7 Å². The third kappa shape index (κ3) is 35.1. The summed E-state index contributed by atoms with van der Waals surface area (Å²) in [6.07, 6.45) is 36.5. The van der Waals surface area contributed by atoms with E-state index >= 15 is 0 Å². The largest absolute Gasteiger partial charge is 0.472 e. The molecule has 14 heteroatoms. The molecule has 1 rings (SSSR count). The van der Waals surface area contributed by atoms with Gasteiger partial charge in [0.2, 0.25) is 0 Å². The fourth-order valence-electron chi connectivity index (χ4n) is 8.44. The number of unbranched alkanes of at least 4 members (excludes halogenated alkanes) is 30. The monoisotopic (exact) mass is 975 g/mol. The van der Waals surface area contributed by atoms with Crippen LogP contribution in [0.15, 0.2) is 24.3 Å². The number of aliphatic hydroxyl groups excluding tert-OH is 5. The lowest BCUT2D eigenvalue weighted by Crippen LogP contribution is -2.64. The molecule has 67 heavy (non-hydrogen) atoms. The van der Waals surface area contributed by atoms with Crippen molar-refractivity contribution in [1.29, 1.82) is 0 Å². The van der Waals surface area contributed by atoms with Gasteiger partial charge in [-0.15, -0.1) is 0 Å². The van der Waals surface area contributed by atoms with E-state index in [4.69, 9.17) is 18.5 Å². The molecule has 6 atom stereocenters. The van der Waals surface area contributed by atoms with Gasteiger partial charge in [0, 0.05) is 12.8 Å². The summed E-state index contributed by atoms with van der Waals surface area (Å²) < 4.78 is 33.7. The van der Waals surface area contributed by atoms with Gasteiger partial charge < -0.3 is 39.9 Å². The third-order valence-corrected chi connectivity index (χ3v) is 13.8. The quantitative estimate of drug-likeness (QED) is 0.0145. The minimum atomic E-state index is -5.12. The molecule has 394 valence electrons. The zero-order valence-corrected chi connectivity index (χ0v) is 43.1. The SMILES string of the molecule is CCCCC/C=C\C/C=C\CCCCCCCCCC(=O)OC(COC(=O)CCCCCCCCCCCCCCCCCCCCCCC)COP(=O)(O)OC1C(O)C(O)C(O)C(O)C1O. The Labute approximate surface area is 406 Å². The first-order valence-electron chi connectivity index (χ1n) is 27.1. The molecule has 0 aromatic heterocycles. The second-order valence-electron chi connectivity index (χ2n) is 19.1. The summed E-state index contributed by atoms with van der Waals surface area (Å²) in [6, 6.07) is 0. The number of hydrogen-bond acceptors (Lipinski definition) is 12. The highest BCUT2D eigenvalue weighted by Gasteiger charge is 2.51. The molecule has 1 aliphatic rings. The first-order valence-corrected chi connectivity index (χ1v) is 28.6. The maximum absolute atomic E-state index is 12.9. The number of phosphoric acid groups is 1. The Balaban J connectivity index is 2.35. The van der Waals surface area contributed by atoms with Crippen molar-refractivity contribution in [2.75, 3.05) is 13.2 Å². The second kappa shape index (κ2) is 43.1. The van der Waals surface area contributed by atoms with Crippen LogP contribution in [0.1, 0.15) is 245 Å². The molecule has 0 radical (unpaired) electrons. The Morgan fingerprint density at radius 3 is 1.24 bits per heavy atom. The van der Waals surface area contributed by atoms with Gasteiger partial charge in [0.1, 0.15) is 43.2 Å². The minimum Gasteiger partial charge on any atom is -0.462 e. The number of phosphoric ester groups is 1. The van der Waals surface area contributed by atoms with Crippen LogP contribution in [0.3, 0.4) is 0 Å². The fraction of sp³-hybridized carbons (Fsp3) is 0.887. The predicted molar refractivity (Wildman–Crippen MR) is 267 cm³/mol.